The van der Waals surface area contributed by atoms with Gasteiger partial charge in [0.1, 0.15) is 11.6 Å². The van der Waals surface area contributed by atoms with Crippen molar-refractivity contribution in [2.75, 3.05) is 0 Å². The van der Waals surface area contributed by atoms with E-state index in [1.165, 1.54) is 4.90 Å². The van der Waals surface area contributed by atoms with Crippen LogP contribution in [0, 0.1) is 18.8 Å². The Balaban J connectivity index is 1.43. The quantitative estimate of drug-likeness (QED) is 0.664. The molecule has 3 aliphatic rings. The van der Waals surface area contributed by atoms with Gasteiger partial charge in [0.25, 0.3) is 5.91 Å². The average Bonchev–Trinajstić information content (AvgIpc) is 3.25. The monoisotopic (exact) mass is 445 g/mol. The lowest BCUT2D eigenvalue weighted by Crippen LogP contribution is -2.55. The van der Waals surface area contributed by atoms with Crippen LogP contribution in [0.15, 0.2) is 48.5 Å². The molecule has 2 aromatic carbocycles. The summed E-state index contributed by atoms with van der Waals surface area (Å²) in [6, 6.07) is 14.5. The standard InChI is InChI=1S/C27H31N3O3/c1-17-10-12-19(13-11-17)16-28-24(31)23(18(2)20-7-5-8-20)30-25(32)27(29-26(30)33)15-14-21-6-3-4-9-22(21)27/h3-4,6,9-13,18,20,23H,5,7-8,14-16H2,1-2H3,(H,28,31)(H,29,33)/t18-,23?,27-/m0/s1. The Hall–Kier alpha value is -3.15. The van der Waals surface area contributed by atoms with Gasteiger partial charge in [-0.2, -0.15) is 0 Å². The zero-order chi connectivity index (χ0) is 23.2. The Kier molecular flexibility index (Phi) is 5.47. The lowest BCUT2D eigenvalue weighted by molar-refractivity contribution is -0.141. The maximum absolute atomic E-state index is 13.9. The zero-order valence-corrected chi connectivity index (χ0v) is 19.3. The van der Waals surface area contributed by atoms with E-state index in [4.69, 9.17) is 0 Å². The first-order valence-corrected chi connectivity index (χ1v) is 12.0. The number of nitrogens with zero attached hydrogens (tertiary/aromatic N) is 1. The zero-order valence-electron chi connectivity index (χ0n) is 19.3. The fourth-order valence-corrected chi connectivity index (χ4v) is 5.62. The second-order valence-electron chi connectivity index (χ2n) is 9.87. The van der Waals surface area contributed by atoms with Crippen LogP contribution in [-0.4, -0.2) is 28.8 Å². The number of imide groups is 1. The fraction of sp³-hybridized carbons (Fsp3) is 0.444. The molecule has 2 aliphatic carbocycles. The number of aryl methyl sites for hydroxylation is 2. The van der Waals surface area contributed by atoms with Gasteiger partial charge in [0.2, 0.25) is 5.91 Å². The number of hydrogen-bond acceptors (Lipinski definition) is 3. The summed E-state index contributed by atoms with van der Waals surface area (Å²) >= 11 is 0. The van der Waals surface area contributed by atoms with Crippen LogP contribution in [0.5, 0.6) is 0 Å². The van der Waals surface area contributed by atoms with Crippen LogP contribution >= 0.6 is 0 Å². The van der Waals surface area contributed by atoms with Gasteiger partial charge in [0, 0.05) is 6.54 Å². The molecule has 0 aromatic heterocycles. The van der Waals surface area contributed by atoms with Crippen molar-refractivity contribution in [1.82, 2.24) is 15.5 Å². The number of urea groups is 1. The summed E-state index contributed by atoms with van der Waals surface area (Å²) in [5.74, 6) is -0.313. The Labute approximate surface area is 194 Å². The molecule has 1 heterocycles. The van der Waals surface area contributed by atoms with Gasteiger partial charge in [0.05, 0.1) is 0 Å². The smallest absolute Gasteiger partial charge is 0.326 e. The Bertz CT molecular complexity index is 1090. The molecule has 0 radical (unpaired) electrons. The van der Waals surface area contributed by atoms with Crippen molar-refractivity contribution in [3.63, 3.8) is 0 Å². The van der Waals surface area contributed by atoms with Crippen molar-refractivity contribution in [2.45, 2.75) is 64.1 Å². The normalized spacial score (nSPS) is 23.8. The van der Waals surface area contributed by atoms with E-state index in [9.17, 15) is 14.4 Å². The van der Waals surface area contributed by atoms with Crippen molar-refractivity contribution in [3.8, 4) is 0 Å². The van der Waals surface area contributed by atoms with Crippen LogP contribution in [0.2, 0.25) is 0 Å². The van der Waals surface area contributed by atoms with Crippen LogP contribution in [0.25, 0.3) is 0 Å². The minimum Gasteiger partial charge on any atom is -0.350 e. The van der Waals surface area contributed by atoms with Crippen molar-refractivity contribution >= 4 is 17.8 Å². The van der Waals surface area contributed by atoms with Gasteiger partial charge in [0.15, 0.2) is 0 Å². The summed E-state index contributed by atoms with van der Waals surface area (Å²) in [5, 5.41) is 5.99. The highest BCUT2D eigenvalue weighted by Gasteiger charge is 2.58. The minimum absolute atomic E-state index is 0.0988. The van der Waals surface area contributed by atoms with Crippen LogP contribution in [0.3, 0.4) is 0 Å². The summed E-state index contributed by atoms with van der Waals surface area (Å²) in [6.07, 6.45) is 4.45. The molecule has 1 unspecified atom stereocenters. The molecule has 4 amide bonds. The minimum atomic E-state index is -1.05. The Morgan fingerprint density at radius 3 is 2.58 bits per heavy atom. The second kappa shape index (κ2) is 8.32. The Morgan fingerprint density at radius 1 is 1.15 bits per heavy atom. The molecule has 33 heavy (non-hydrogen) atoms. The first-order chi connectivity index (χ1) is 15.9. The third-order valence-electron chi connectivity index (χ3n) is 7.90. The molecule has 172 valence electrons. The molecule has 6 nitrogen and oxygen atoms in total. The lowest BCUT2D eigenvalue weighted by atomic mass is 9.73. The molecule has 2 aromatic rings. The summed E-state index contributed by atoms with van der Waals surface area (Å²) in [6.45, 7) is 4.39. The van der Waals surface area contributed by atoms with Gasteiger partial charge >= 0.3 is 6.03 Å². The molecule has 2 fully saturated rings. The summed E-state index contributed by atoms with van der Waals surface area (Å²) in [7, 11) is 0. The van der Waals surface area contributed by atoms with Gasteiger partial charge < -0.3 is 10.6 Å². The first-order valence-electron chi connectivity index (χ1n) is 12.0. The summed E-state index contributed by atoms with van der Waals surface area (Å²) < 4.78 is 0. The topological polar surface area (TPSA) is 78.5 Å². The molecule has 2 N–H and O–H groups in total. The summed E-state index contributed by atoms with van der Waals surface area (Å²) in [4.78, 5) is 41.9. The molecule has 1 saturated heterocycles. The van der Waals surface area contributed by atoms with E-state index in [-0.39, 0.29) is 17.7 Å². The molecular weight excluding hydrogens is 414 g/mol. The van der Waals surface area contributed by atoms with E-state index in [2.05, 4.69) is 10.6 Å². The molecular formula is C27H31N3O3. The highest BCUT2D eigenvalue weighted by molar-refractivity contribution is 6.10. The van der Waals surface area contributed by atoms with Gasteiger partial charge in [-0.25, -0.2) is 9.69 Å². The SMILES string of the molecule is Cc1ccc(CNC(=O)C([C@@H](C)C2CCC2)N2C(=O)N[C@]3(CCc4ccccc43)C2=O)cc1. The van der Waals surface area contributed by atoms with Gasteiger partial charge in [-0.1, -0.05) is 80.3 Å². The van der Waals surface area contributed by atoms with Crippen molar-refractivity contribution in [2.24, 2.45) is 11.8 Å². The number of amides is 4. The van der Waals surface area contributed by atoms with Gasteiger partial charge in [-0.15, -0.1) is 0 Å². The number of carbonyl (C=O) groups excluding carboxylic acids is 3. The van der Waals surface area contributed by atoms with Gasteiger partial charge in [-0.05, 0) is 48.3 Å². The highest BCUT2D eigenvalue weighted by Crippen LogP contribution is 2.44. The maximum atomic E-state index is 13.9. The number of benzene rings is 2. The average molecular weight is 446 g/mol. The predicted molar refractivity (Wildman–Crippen MR) is 125 cm³/mol. The molecule has 1 spiro atoms. The third kappa shape index (κ3) is 3.62. The van der Waals surface area contributed by atoms with E-state index in [0.29, 0.717) is 18.9 Å². The molecule has 1 aliphatic heterocycles. The van der Waals surface area contributed by atoms with E-state index < -0.39 is 17.6 Å². The number of nitrogens with one attached hydrogen (secondary N) is 2. The van der Waals surface area contributed by atoms with Crippen LogP contribution in [0.1, 0.15) is 54.9 Å². The summed E-state index contributed by atoms with van der Waals surface area (Å²) in [5.41, 5.74) is 3.04. The molecule has 3 atom stereocenters. The van der Waals surface area contributed by atoms with E-state index in [1.54, 1.807) is 0 Å². The van der Waals surface area contributed by atoms with Crippen molar-refractivity contribution < 1.29 is 14.4 Å². The maximum Gasteiger partial charge on any atom is 0.326 e. The second-order valence-corrected chi connectivity index (χ2v) is 9.87. The largest absolute Gasteiger partial charge is 0.350 e. The van der Waals surface area contributed by atoms with Crippen LogP contribution < -0.4 is 10.6 Å². The van der Waals surface area contributed by atoms with Crippen molar-refractivity contribution in [3.05, 3.63) is 70.8 Å². The van der Waals surface area contributed by atoms with E-state index >= 15 is 0 Å². The molecule has 5 rings (SSSR count). The lowest BCUT2D eigenvalue weighted by Gasteiger charge is -2.38. The van der Waals surface area contributed by atoms with E-state index in [1.807, 2.05) is 62.4 Å². The highest BCUT2D eigenvalue weighted by atomic mass is 16.2. The number of hydrogen-bond donors (Lipinski definition) is 2. The third-order valence-corrected chi connectivity index (χ3v) is 7.90. The van der Waals surface area contributed by atoms with Gasteiger partial charge in [-0.3, -0.25) is 9.59 Å². The van der Waals surface area contributed by atoms with Crippen molar-refractivity contribution in [1.29, 1.82) is 0 Å². The van der Waals surface area contributed by atoms with Crippen LogP contribution in [-0.2, 0) is 28.1 Å². The predicted octanol–water partition coefficient (Wildman–Crippen LogP) is 3.81. The number of rotatable bonds is 6. The Morgan fingerprint density at radius 2 is 1.88 bits per heavy atom. The molecule has 1 saturated carbocycles. The van der Waals surface area contributed by atoms with Crippen LogP contribution in [0.4, 0.5) is 4.79 Å². The molecule has 0 bridgehead atoms. The molecule has 6 heteroatoms. The number of carbonyl (C=O) groups is 3. The fourth-order valence-electron chi connectivity index (χ4n) is 5.62. The van der Waals surface area contributed by atoms with E-state index in [0.717, 1.165) is 47.9 Å². The first kappa shape index (κ1) is 21.7. The number of fused-ring (bicyclic) bond motifs is 2.